The lowest BCUT2D eigenvalue weighted by molar-refractivity contribution is -0.133. The Kier molecular flexibility index (Phi) is 15.8. The fourth-order valence-corrected chi connectivity index (χ4v) is 7.36. The van der Waals surface area contributed by atoms with Crippen LogP contribution in [0.4, 0.5) is 16.2 Å². The molecule has 6 rings (SSSR count). The quantitative estimate of drug-likeness (QED) is 0.146. The zero-order chi connectivity index (χ0) is 39.3. The van der Waals surface area contributed by atoms with Crippen LogP contribution in [0.5, 0.6) is 0 Å². The second kappa shape index (κ2) is 20.6. The summed E-state index contributed by atoms with van der Waals surface area (Å²) in [5.74, 6) is 0.222. The molecule has 2 saturated heterocycles. The highest BCUT2D eigenvalue weighted by Crippen LogP contribution is 2.34. The van der Waals surface area contributed by atoms with E-state index in [9.17, 15) is 9.59 Å². The molecule has 2 fully saturated rings. The number of amides is 3. The molecule has 2 atom stereocenters. The van der Waals surface area contributed by atoms with Gasteiger partial charge < -0.3 is 35.2 Å². The first-order valence-corrected chi connectivity index (χ1v) is 19.7. The van der Waals surface area contributed by atoms with E-state index in [0.717, 1.165) is 48.7 Å². The third kappa shape index (κ3) is 12.4. The normalized spacial score (nSPS) is 15.5. The van der Waals surface area contributed by atoms with Crippen molar-refractivity contribution in [3.05, 3.63) is 128 Å². The Morgan fingerprint density at radius 1 is 0.564 bits per heavy atom. The standard InChI is InChI=1S/C40H42Cl4N4O3.CH3NO2/c41-33-13-11-31(27-35(33)43)45-19-23-47(24-20-45)39(49)17-15-37(29-7-3-1-4-8-29)51-38(30-9-5-2-6-10-30)16-18-40(50)48-25-21-46(22-26-48)32-12-14-34(42)36(44)28-32;2-1(3)4/h1-14,27-28,37-38H,15-26H2;2H2,(H,3,4). The number of nitrogens with two attached hydrogens (primary N) is 1. The summed E-state index contributed by atoms with van der Waals surface area (Å²) < 4.78 is 6.89. The molecule has 2 heterocycles. The Morgan fingerprint density at radius 3 is 1.24 bits per heavy atom. The molecule has 0 spiro atoms. The summed E-state index contributed by atoms with van der Waals surface area (Å²) in [6, 6.07) is 31.4. The first-order chi connectivity index (χ1) is 26.5. The average molecular weight is 830 g/mol. The maximum atomic E-state index is 13.5. The number of primary amides is 1. The second-order valence-electron chi connectivity index (χ2n) is 13.3. The van der Waals surface area contributed by atoms with Crippen LogP contribution in [-0.2, 0) is 14.3 Å². The fraction of sp³-hybridized carbons (Fsp3) is 0.341. The van der Waals surface area contributed by atoms with Gasteiger partial charge >= 0.3 is 6.09 Å². The zero-order valence-electron chi connectivity index (χ0n) is 30.3. The molecule has 14 heteroatoms. The maximum absolute atomic E-state index is 13.5. The second-order valence-corrected chi connectivity index (χ2v) is 14.9. The first kappa shape index (κ1) is 42.0. The lowest BCUT2D eigenvalue weighted by Crippen LogP contribution is -2.48. The summed E-state index contributed by atoms with van der Waals surface area (Å²) in [7, 11) is 0. The summed E-state index contributed by atoms with van der Waals surface area (Å²) in [6.45, 7) is 5.40. The topological polar surface area (TPSA) is 120 Å². The van der Waals surface area contributed by atoms with Crippen molar-refractivity contribution < 1.29 is 24.2 Å². The summed E-state index contributed by atoms with van der Waals surface area (Å²) >= 11 is 24.7. The highest BCUT2D eigenvalue weighted by atomic mass is 35.5. The number of hydrogen-bond donors (Lipinski definition) is 2. The molecular formula is C41H45Cl4N5O5. The number of carbonyl (C=O) groups is 3. The van der Waals surface area contributed by atoms with Gasteiger partial charge in [-0.2, -0.15) is 0 Å². The van der Waals surface area contributed by atoms with Gasteiger partial charge in [0.05, 0.1) is 32.3 Å². The average Bonchev–Trinajstić information content (AvgIpc) is 3.20. The third-order valence-electron chi connectivity index (χ3n) is 9.71. The van der Waals surface area contributed by atoms with Gasteiger partial charge in [-0.05, 0) is 60.4 Å². The predicted molar refractivity (Wildman–Crippen MR) is 221 cm³/mol. The van der Waals surface area contributed by atoms with Crippen LogP contribution in [0.2, 0.25) is 20.1 Å². The van der Waals surface area contributed by atoms with E-state index in [1.807, 2.05) is 94.7 Å². The molecule has 4 aromatic rings. The number of hydrogen-bond acceptors (Lipinski definition) is 6. The Hall–Kier alpha value is -4.19. The molecule has 55 heavy (non-hydrogen) atoms. The van der Waals surface area contributed by atoms with Crippen molar-refractivity contribution in [2.24, 2.45) is 5.73 Å². The summed E-state index contributed by atoms with van der Waals surface area (Å²) in [4.78, 5) is 44.1. The van der Waals surface area contributed by atoms with E-state index in [0.29, 0.717) is 72.0 Å². The van der Waals surface area contributed by atoms with Crippen molar-refractivity contribution >= 4 is 75.7 Å². The zero-order valence-corrected chi connectivity index (χ0v) is 33.4. The van der Waals surface area contributed by atoms with E-state index in [1.165, 1.54) is 0 Å². The molecule has 2 unspecified atom stereocenters. The van der Waals surface area contributed by atoms with Crippen LogP contribution in [0, 0.1) is 0 Å². The monoisotopic (exact) mass is 827 g/mol. The first-order valence-electron chi connectivity index (χ1n) is 18.2. The Balaban J connectivity index is 0.00000138. The van der Waals surface area contributed by atoms with Gasteiger partial charge in [-0.1, -0.05) is 107 Å². The molecule has 0 saturated carbocycles. The Labute approximate surface area is 342 Å². The third-order valence-corrected chi connectivity index (χ3v) is 11.2. The number of piperazine rings is 2. The van der Waals surface area contributed by atoms with E-state index in [2.05, 4.69) is 15.5 Å². The van der Waals surface area contributed by atoms with Gasteiger partial charge in [-0.15, -0.1) is 0 Å². The molecule has 0 aliphatic carbocycles. The van der Waals surface area contributed by atoms with E-state index >= 15 is 0 Å². The largest absolute Gasteiger partial charge is 0.465 e. The minimum absolute atomic E-state index is 0.111. The molecule has 292 valence electrons. The van der Waals surface area contributed by atoms with Crippen molar-refractivity contribution in [2.45, 2.75) is 37.9 Å². The van der Waals surface area contributed by atoms with Crippen LogP contribution < -0.4 is 15.5 Å². The molecule has 0 radical (unpaired) electrons. The highest BCUT2D eigenvalue weighted by Gasteiger charge is 2.27. The number of rotatable bonds is 12. The van der Waals surface area contributed by atoms with Crippen LogP contribution in [0.15, 0.2) is 97.1 Å². The fourth-order valence-electron chi connectivity index (χ4n) is 6.78. The minimum atomic E-state index is -1.33. The Bertz CT molecular complexity index is 1740. The van der Waals surface area contributed by atoms with E-state index in [1.54, 1.807) is 12.1 Å². The van der Waals surface area contributed by atoms with Crippen molar-refractivity contribution in [1.29, 1.82) is 0 Å². The van der Waals surface area contributed by atoms with Crippen molar-refractivity contribution in [2.75, 3.05) is 62.2 Å². The van der Waals surface area contributed by atoms with Gasteiger partial charge in [-0.3, -0.25) is 9.59 Å². The van der Waals surface area contributed by atoms with Crippen LogP contribution in [0.25, 0.3) is 0 Å². The molecule has 2 aliphatic heterocycles. The highest BCUT2D eigenvalue weighted by molar-refractivity contribution is 6.42. The minimum Gasteiger partial charge on any atom is -0.465 e. The van der Waals surface area contributed by atoms with Crippen LogP contribution in [-0.4, -0.2) is 85.2 Å². The molecule has 0 bridgehead atoms. The van der Waals surface area contributed by atoms with Crippen LogP contribution >= 0.6 is 46.4 Å². The van der Waals surface area contributed by atoms with E-state index in [4.69, 9.17) is 61.0 Å². The predicted octanol–water partition coefficient (Wildman–Crippen LogP) is 8.98. The maximum Gasteiger partial charge on any atom is 0.402 e. The van der Waals surface area contributed by atoms with Gasteiger partial charge in [0.2, 0.25) is 11.8 Å². The molecule has 3 amide bonds. The number of carboxylic acid groups (broad SMARTS) is 1. The van der Waals surface area contributed by atoms with Crippen molar-refractivity contribution in [1.82, 2.24) is 9.80 Å². The summed E-state index contributed by atoms with van der Waals surface area (Å²) in [5.41, 5.74) is 8.07. The van der Waals surface area contributed by atoms with Gasteiger partial charge in [-0.25, -0.2) is 4.79 Å². The van der Waals surface area contributed by atoms with Crippen LogP contribution in [0.1, 0.15) is 49.0 Å². The van der Waals surface area contributed by atoms with Gasteiger partial charge in [0.1, 0.15) is 0 Å². The van der Waals surface area contributed by atoms with Gasteiger partial charge in [0.25, 0.3) is 0 Å². The van der Waals surface area contributed by atoms with E-state index < -0.39 is 6.09 Å². The number of anilines is 2. The number of benzene rings is 4. The van der Waals surface area contributed by atoms with Crippen molar-refractivity contribution in [3.63, 3.8) is 0 Å². The van der Waals surface area contributed by atoms with E-state index in [-0.39, 0.29) is 24.0 Å². The summed E-state index contributed by atoms with van der Waals surface area (Å²) in [6.07, 6.45) is -0.190. The number of carbonyl (C=O) groups excluding carboxylic acids is 2. The number of ether oxygens (including phenoxy) is 1. The van der Waals surface area contributed by atoms with Crippen LogP contribution in [0.3, 0.4) is 0 Å². The smallest absolute Gasteiger partial charge is 0.402 e. The molecular weight excluding hydrogens is 784 g/mol. The van der Waals surface area contributed by atoms with Gasteiger partial charge in [0.15, 0.2) is 0 Å². The number of halogens is 4. The molecule has 2 aliphatic rings. The SMILES string of the molecule is NC(=O)O.O=C(CCC(OC(CCC(=O)N1CCN(c2ccc(Cl)c(Cl)c2)CC1)c1ccccc1)c1ccccc1)N1CCN(c2ccc(Cl)c(Cl)c2)CC1. The molecule has 3 N–H and O–H groups in total. The lowest BCUT2D eigenvalue weighted by Gasteiger charge is -2.37. The summed E-state index contributed by atoms with van der Waals surface area (Å²) in [5, 5.41) is 9.30. The molecule has 0 aromatic heterocycles. The lowest BCUT2D eigenvalue weighted by atomic mass is 10.0. The molecule has 10 nitrogen and oxygen atoms in total. The molecule has 4 aromatic carbocycles. The Morgan fingerprint density at radius 2 is 0.909 bits per heavy atom. The number of nitrogens with zero attached hydrogens (tertiary/aromatic N) is 4. The van der Waals surface area contributed by atoms with Crippen molar-refractivity contribution in [3.8, 4) is 0 Å². The van der Waals surface area contributed by atoms with Gasteiger partial charge in [0, 0.05) is 76.6 Å².